The predicted molar refractivity (Wildman–Crippen MR) is 102 cm³/mol. The molecule has 0 aliphatic rings. The zero-order valence-corrected chi connectivity index (χ0v) is 14.7. The summed E-state index contributed by atoms with van der Waals surface area (Å²) >= 11 is 1.74. The number of thiophene rings is 1. The molecule has 6 heteroatoms. The van der Waals surface area contributed by atoms with Crippen LogP contribution in [0.2, 0.25) is 0 Å². The van der Waals surface area contributed by atoms with Gasteiger partial charge in [0.25, 0.3) is 0 Å². The van der Waals surface area contributed by atoms with E-state index in [1.807, 2.05) is 18.2 Å². The van der Waals surface area contributed by atoms with E-state index in [-0.39, 0.29) is 0 Å². The van der Waals surface area contributed by atoms with Crippen LogP contribution in [-0.2, 0) is 13.0 Å². The Morgan fingerprint density at radius 2 is 2.12 bits per heavy atom. The third-order valence-corrected chi connectivity index (χ3v) is 4.50. The number of guanidine groups is 1. The monoisotopic (exact) mass is 341 g/mol. The van der Waals surface area contributed by atoms with E-state index in [4.69, 9.17) is 0 Å². The highest BCUT2D eigenvalue weighted by molar-refractivity contribution is 7.09. The Labute approximate surface area is 146 Å². The summed E-state index contributed by atoms with van der Waals surface area (Å²) < 4.78 is 0. The SMILES string of the molecule is CCNC(=NCc1cccs1)NCCCc1nc2ccccc2[nH]1. The number of aryl methyl sites for hydroxylation is 1. The first-order valence-corrected chi connectivity index (χ1v) is 9.21. The van der Waals surface area contributed by atoms with Gasteiger partial charge in [-0.3, -0.25) is 0 Å². The van der Waals surface area contributed by atoms with Crippen molar-refractivity contribution in [1.82, 2.24) is 20.6 Å². The summed E-state index contributed by atoms with van der Waals surface area (Å²) in [7, 11) is 0. The lowest BCUT2D eigenvalue weighted by molar-refractivity contribution is 0.727. The average molecular weight is 341 g/mol. The fourth-order valence-electron chi connectivity index (χ4n) is 2.49. The maximum atomic E-state index is 4.62. The van der Waals surface area contributed by atoms with Crippen LogP contribution in [0.5, 0.6) is 0 Å². The number of hydrogen-bond donors (Lipinski definition) is 3. The quantitative estimate of drug-likeness (QED) is 0.351. The smallest absolute Gasteiger partial charge is 0.191 e. The van der Waals surface area contributed by atoms with Gasteiger partial charge in [0.2, 0.25) is 0 Å². The summed E-state index contributed by atoms with van der Waals surface area (Å²) in [6, 6.07) is 12.3. The number of benzene rings is 1. The van der Waals surface area contributed by atoms with E-state index < -0.39 is 0 Å². The van der Waals surface area contributed by atoms with E-state index >= 15 is 0 Å². The van der Waals surface area contributed by atoms with Gasteiger partial charge in [0.15, 0.2) is 5.96 Å². The molecule has 0 bridgehead atoms. The van der Waals surface area contributed by atoms with Crippen LogP contribution < -0.4 is 10.6 Å². The van der Waals surface area contributed by atoms with Gasteiger partial charge in [-0.05, 0) is 36.9 Å². The molecule has 0 radical (unpaired) electrons. The van der Waals surface area contributed by atoms with Crippen molar-refractivity contribution < 1.29 is 0 Å². The second-order valence-electron chi connectivity index (χ2n) is 5.51. The van der Waals surface area contributed by atoms with Crippen LogP contribution in [0, 0.1) is 0 Å². The molecule has 0 aliphatic heterocycles. The zero-order valence-electron chi connectivity index (χ0n) is 13.9. The van der Waals surface area contributed by atoms with Crippen LogP contribution in [0.4, 0.5) is 0 Å². The molecule has 0 atom stereocenters. The Kier molecular flexibility index (Phi) is 5.85. The van der Waals surface area contributed by atoms with Crippen molar-refractivity contribution in [2.45, 2.75) is 26.3 Å². The first-order valence-electron chi connectivity index (χ1n) is 8.33. The van der Waals surface area contributed by atoms with Crippen LogP contribution in [-0.4, -0.2) is 29.0 Å². The van der Waals surface area contributed by atoms with Crippen molar-refractivity contribution in [2.75, 3.05) is 13.1 Å². The summed E-state index contributed by atoms with van der Waals surface area (Å²) in [5, 5.41) is 8.76. The van der Waals surface area contributed by atoms with Crippen molar-refractivity contribution in [3.05, 3.63) is 52.5 Å². The Bertz CT molecular complexity index is 743. The fraction of sp³-hybridized carbons (Fsp3) is 0.333. The Balaban J connectivity index is 1.47. The van der Waals surface area contributed by atoms with E-state index in [0.717, 1.165) is 55.3 Å². The number of para-hydroxylation sites is 2. The molecule has 3 rings (SSSR count). The van der Waals surface area contributed by atoms with Crippen LogP contribution in [0.15, 0.2) is 46.8 Å². The molecule has 0 unspecified atom stereocenters. The van der Waals surface area contributed by atoms with E-state index in [9.17, 15) is 0 Å². The third kappa shape index (κ3) is 4.58. The van der Waals surface area contributed by atoms with Crippen molar-refractivity contribution in [2.24, 2.45) is 4.99 Å². The molecule has 2 aromatic heterocycles. The molecule has 0 saturated carbocycles. The molecule has 1 aromatic carbocycles. The number of rotatable bonds is 7. The van der Waals surface area contributed by atoms with E-state index in [1.54, 1.807) is 11.3 Å². The molecular formula is C18H23N5S. The van der Waals surface area contributed by atoms with Crippen molar-refractivity contribution in [1.29, 1.82) is 0 Å². The first-order chi connectivity index (χ1) is 11.8. The van der Waals surface area contributed by atoms with Crippen LogP contribution >= 0.6 is 11.3 Å². The van der Waals surface area contributed by atoms with Gasteiger partial charge in [-0.2, -0.15) is 0 Å². The second-order valence-corrected chi connectivity index (χ2v) is 6.54. The van der Waals surface area contributed by atoms with Crippen molar-refractivity contribution >= 4 is 28.3 Å². The number of fused-ring (bicyclic) bond motifs is 1. The van der Waals surface area contributed by atoms with Gasteiger partial charge in [0.05, 0.1) is 17.6 Å². The molecule has 3 aromatic rings. The lowest BCUT2D eigenvalue weighted by Gasteiger charge is -2.10. The van der Waals surface area contributed by atoms with Crippen molar-refractivity contribution in [3.8, 4) is 0 Å². The summed E-state index contributed by atoms with van der Waals surface area (Å²) in [6.07, 6.45) is 1.93. The molecule has 2 heterocycles. The number of H-pyrrole nitrogens is 1. The number of imidazole rings is 1. The molecule has 126 valence electrons. The predicted octanol–water partition coefficient (Wildman–Crippen LogP) is 3.31. The van der Waals surface area contributed by atoms with Crippen LogP contribution in [0.1, 0.15) is 24.0 Å². The number of aromatic amines is 1. The van der Waals surface area contributed by atoms with Crippen LogP contribution in [0.3, 0.4) is 0 Å². The maximum Gasteiger partial charge on any atom is 0.191 e. The molecule has 0 fully saturated rings. The highest BCUT2D eigenvalue weighted by Crippen LogP contribution is 2.11. The Morgan fingerprint density at radius 3 is 2.92 bits per heavy atom. The standard InChI is InChI=1S/C18H23N5S/c1-2-19-18(21-13-14-7-6-12-24-14)20-11-5-10-17-22-15-8-3-4-9-16(15)23-17/h3-4,6-9,12H,2,5,10-11,13H2,1H3,(H,22,23)(H2,19,20,21). The number of aromatic nitrogens is 2. The maximum absolute atomic E-state index is 4.62. The Hall–Kier alpha value is -2.34. The lowest BCUT2D eigenvalue weighted by atomic mass is 10.3. The van der Waals surface area contributed by atoms with E-state index in [2.05, 4.69) is 56.1 Å². The summed E-state index contributed by atoms with van der Waals surface area (Å²) in [5.41, 5.74) is 2.14. The van der Waals surface area contributed by atoms with E-state index in [0.29, 0.717) is 0 Å². The molecule has 0 amide bonds. The molecule has 24 heavy (non-hydrogen) atoms. The fourth-order valence-corrected chi connectivity index (χ4v) is 3.12. The first kappa shape index (κ1) is 16.5. The average Bonchev–Trinajstić information content (AvgIpc) is 3.25. The van der Waals surface area contributed by atoms with E-state index in [1.165, 1.54) is 4.88 Å². The normalized spacial score (nSPS) is 11.8. The van der Waals surface area contributed by atoms with Gasteiger partial charge in [-0.25, -0.2) is 9.98 Å². The number of aliphatic imine (C=N–C) groups is 1. The number of nitrogens with one attached hydrogen (secondary N) is 3. The molecule has 3 N–H and O–H groups in total. The molecule has 0 aliphatic carbocycles. The largest absolute Gasteiger partial charge is 0.357 e. The molecular weight excluding hydrogens is 318 g/mol. The number of hydrogen-bond acceptors (Lipinski definition) is 3. The third-order valence-electron chi connectivity index (χ3n) is 3.64. The van der Waals surface area contributed by atoms with Gasteiger partial charge in [-0.1, -0.05) is 18.2 Å². The highest BCUT2D eigenvalue weighted by atomic mass is 32.1. The summed E-state index contributed by atoms with van der Waals surface area (Å²) in [5.74, 6) is 1.91. The minimum absolute atomic E-state index is 0.719. The number of nitrogens with zero attached hydrogens (tertiary/aromatic N) is 2. The topological polar surface area (TPSA) is 65.1 Å². The Morgan fingerprint density at radius 1 is 1.21 bits per heavy atom. The van der Waals surface area contributed by atoms with Gasteiger partial charge in [0, 0.05) is 24.4 Å². The van der Waals surface area contributed by atoms with Crippen LogP contribution in [0.25, 0.3) is 11.0 Å². The van der Waals surface area contributed by atoms with Gasteiger partial charge >= 0.3 is 0 Å². The van der Waals surface area contributed by atoms with Gasteiger partial charge in [0.1, 0.15) is 5.82 Å². The van der Waals surface area contributed by atoms with Gasteiger partial charge < -0.3 is 15.6 Å². The highest BCUT2D eigenvalue weighted by Gasteiger charge is 2.02. The summed E-state index contributed by atoms with van der Waals surface area (Å²) in [6.45, 7) is 4.53. The minimum atomic E-state index is 0.719. The lowest BCUT2D eigenvalue weighted by Crippen LogP contribution is -2.37. The van der Waals surface area contributed by atoms with Crippen molar-refractivity contribution in [3.63, 3.8) is 0 Å². The minimum Gasteiger partial charge on any atom is -0.357 e. The molecule has 0 spiro atoms. The second kappa shape index (κ2) is 8.49. The molecule has 5 nitrogen and oxygen atoms in total. The molecule has 0 saturated heterocycles. The van der Waals surface area contributed by atoms with Gasteiger partial charge in [-0.15, -0.1) is 11.3 Å². The zero-order chi connectivity index (χ0) is 16.6. The summed E-state index contributed by atoms with van der Waals surface area (Å²) in [4.78, 5) is 13.9.